The van der Waals surface area contributed by atoms with Crippen LogP contribution >= 0.6 is 0 Å². The second kappa shape index (κ2) is 11.3. The number of hydrogen-bond acceptors (Lipinski definition) is 4. The summed E-state index contributed by atoms with van der Waals surface area (Å²) in [5.41, 5.74) is 2.48. The molecule has 1 aromatic rings. The van der Waals surface area contributed by atoms with Gasteiger partial charge in [0, 0.05) is 31.4 Å². The molecule has 0 fully saturated rings. The van der Waals surface area contributed by atoms with Crippen LogP contribution in [0, 0.1) is 0 Å². The van der Waals surface area contributed by atoms with Crippen LogP contribution in [0.15, 0.2) is 29.3 Å². The van der Waals surface area contributed by atoms with Crippen LogP contribution in [0.2, 0.25) is 0 Å². The van der Waals surface area contributed by atoms with Crippen LogP contribution in [0.1, 0.15) is 45.2 Å². The SMILES string of the molecule is CCNC(=NCc1ccccc1CN(C)C(C)C)NC(C)CCS(C)(=O)=O. The van der Waals surface area contributed by atoms with Crippen LogP contribution in [0.25, 0.3) is 0 Å². The van der Waals surface area contributed by atoms with Crippen molar-refractivity contribution >= 4 is 15.8 Å². The summed E-state index contributed by atoms with van der Waals surface area (Å²) < 4.78 is 22.7. The maximum absolute atomic E-state index is 11.4. The standard InChI is InChI=1S/C20H36N4O2S/c1-7-21-20(23-17(4)12-13-27(6,25)26)22-14-18-10-8-9-11-19(18)15-24(5)16(2)3/h8-11,16-17H,7,12-15H2,1-6H3,(H2,21,22,23). The van der Waals surface area contributed by atoms with Gasteiger partial charge in [0.25, 0.3) is 0 Å². The van der Waals surface area contributed by atoms with Gasteiger partial charge in [-0.25, -0.2) is 13.4 Å². The molecule has 0 amide bonds. The van der Waals surface area contributed by atoms with E-state index in [1.165, 1.54) is 17.4 Å². The zero-order valence-corrected chi connectivity index (χ0v) is 18.4. The Labute approximate surface area is 165 Å². The maximum atomic E-state index is 11.4. The average molecular weight is 397 g/mol. The Morgan fingerprint density at radius 1 is 1.19 bits per heavy atom. The summed E-state index contributed by atoms with van der Waals surface area (Å²) in [5, 5.41) is 6.54. The van der Waals surface area contributed by atoms with E-state index in [-0.39, 0.29) is 11.8 Å². The first-order chi connectivity index (χ1) is 12.6. The fourth-order valence-corrected chi connectivity index (χ4v) is 3.28. The molecule has 0 spiro atoms. The van der Waals surface area contributed by atoms with Crippen molar-refractivity contribution in [1.82, 2.24) is 15.5 Å². The van der Waals surface area contributed by atoms with Crippen molar-refractivity contribution in [2.45, 2.75) is 59.3 Å². The van der Waals surface area contributed by atoms with Crippen LogP contribution in [-0.4, -0.2) is 57.0 Å². The first-order valence-corrected chi connectivity index (χ1v) is 11.7. The number of rotatable bonds is 10. The summed E-state index contributed by atoms with van der Waals surface area (Å²) in [6, 6.07) is 8.88. The Morgan fingerprint density at radius 2 is 1.81 bits per heavy atom. The lowest BCUT2D eigenvalue weighted by molar-refractivity contribution is 0.265. The van der Waals surface area contributed by atoms with Crippen LogP contribution in [-0.2, 0) is 22.9 Å². The van der Waals surface area contributed by atoms with E-state index in [1.807, 2.05) is 19.9 Å². The van der Waals surface area contributed by atoms with E-state index < -0.39 is 9.84 Å². The predicted octanol–water partition coefficient (Wildman–Crippen LogP) is 2.41. The summed E-state index contributed by atoms with van der Waals surface area (Å²) in [5.74, 6) is 0.885. The zero-order chi connectivity index (χ0) is 20.4. The lowest BCUT2D eigenvalue weighted by Gasteiger charge is -2.22. The summed E-state index contributed by atoms with van der Waals surface area (Å²) in [4.78, 5) is 7.01. The molecule has 0 aromatic heterocycles. The fraction of sp³-hybridized carbons (Fsp3) is 0.650. The summed E-state index contributed by atoms with van der Waals surface area (Å²) in [6.45, 7) is 10.6. The van der Waals surface area contributed by atoms with Gasteiger partial charge in [0.15, 0.2) is 5.96 Å². The van der Waals surface area contributed by atoms with Crippen LogP contribution in [0.3, 0.4) is 0 Å². The highest BCUT2D eigenvalue weighted by molar-refractivity contribution is 7.90. The smallest absolute Gasteiger partial charge is 0.191 e. The van der Waals surface area contributed by atoms with Gasteiger partial charge in [0.05, 0.1) is 12.3 Å². The van der Waals surface area contributed by atoms with E-state index in [9.17, 15) is 8.42 Å². The first-order valence-electron chi connectivity index (χ1n) is 9.62. The summed E-state index contributed by atoms with van der Waals surface area (Å²) in [6.07, 6.45) is 1.82. The molecule has 2 N–H and O–H groups in total. The van der Waals surface area contributed by atoms with E-state index in [0.29, 0.717) is 25.0 Å². The van der Waals surface area contributed by atoms with Gasteiger partial charge in [0.2, 0.25) is 0 Å². The molecule has 0 aliphatic rings. The molecule has 0 saturated heterocycles. The molecular formula is C20H36N4O2S. The zero-order valence-electron chi connectivity index (χ0n) is 17.6. The highest BCUT2D eigenvalue weighted by atomic mass is 32.2. The Balaban J connectivity index is 2.80. The van der Waals surface area contributed by atoms with Crippen LogP contribution < -0.4 is 10.6 Å². The molecule has 0 saturated carbocycles. The van der Waals surface area contributed by atoms with Crippen molar-refractivity contribution in [2.24, 2.45) is 4.99 Å². The molecule has 1 rings (SSSR count). The van der Waals surface area contributed by atoms with Crippen molar-refractivity contribution < 1.29 is 8.42 Å². The van der Waals surface area contributed by atoms with Crippen LogP contribution in [0.5, 0.6) is 0 Å². The molecule has 1 atom stereocenters. The molecule has 1 aromatic carbocycles. The lowest BCUT2D eigenvalue weighted by Crippen LogP contribution is -2.42. The van der Waals surface area contributed by atoms with Crippen molar-refractivity contribution in [2.75, 3.05) is 25.6 Å². The third kappa shape index (κ3) is 9.77. The van der Waals surface area contributed by atoms with Gasteiger partial charge in [-0.2, -0.15) is 0 Å². The molecule has 0 radical (unpaired) electrons. The van der Waals surface area contributed by atoms with Gasteiger partial charge in [0.1, 0.15) is 9.84 Å². The van der Waals surface area contributed by atoms with Gasteiger partial charge in [-0.1, -0.05) is 24.3 Å². The van der Waals surface area contributed by atoms with Crippen molar-refractivity contribution in [3.63, 3.8) is 0 Å². The van der Waals surface area contributed by atoms with Crippen molar-refractivity contribution in [1.29, 1.82) is 0 Å². The van der Waals surface area contributed by atoms with E-state index in [2.05, 4.69) is 54.6 Å². The van der Waals surface area contributed by atoms with Crippen LogP contribution in [0.4, 0.5) is 0 Å². The van der Waals surface area contributed by atoms with E-state index in [4.69, 9.17) is 4.99 Å². The van der Waals surface area contributed by atoms with E-state index >= 15 is 0 Å². The monoisotopic (exact) mass is 396 g/mol. The fourth-order valence-electron chi connectivity index (χ4n) is 2.50. The quantitative estimate of drug-likeness (QED) is 0.469. The Bertz CT molecular complexity index is 702. The number of hydrogen-bond donors (Lipinski definition) is 2. The minimum absolute atomic E-state index is 0.0276. The van der Waals surface area contributed by atoms with Crippen molar-refractivity contribution in [3.05, 3.63) is 35.4 Å². The minimum Gasteiger partial charge on any atom is -0.357 e. The number of nitrogens with zero attached hydrogens (tertiary/aromatic N) is 2. The van der Waals surface area contributed by atoms with Gasteiger partial charge in [-0.15, -0.1) is 0 Å². The highest BCUT2D eigenvalue weighted by Crippen LogP contribution is 2.13. The van der Waals surface area contributed by atoms with Gasteiger partial charge in [-0.05, 0) is 52.3 Å². The number of benzene rings is 1. The topological polar surface area (TPSA) is 73.8 Å². The number of aliphatic imine (C=N–C) groups is 1. The third-order valence-corrected chi connectivity index (χ3v) is 5.45. The third-order valence-electron chi connectivity index (χ3n) is 4.48. The summed E-state index contributed by atoms with van der Waals surface area (Å²) >= 11 is 0. The second-order valence-electron chi connectivity index (χ2n) is 7.44. The maximum Gasteiger partial charge on any atom is 0.191 e. The molecule has 0 bridgehead atoms. The molecule has 0 heterocycles. The lowest BCUT2D eigenvalue weighted by atomic mass is 10.1. The molecule has 154 valence electrons. The van der Waals surface area contributed by atoms with Gasteiger partial charge < -0.3 is 10.6 Å². The molecule has 6 nitrogen and oxygen atoms in total. The van der Waals surface area contributed by atoms with Gasteiger partial charge >= 0.3 is 0 Å². The molecule has 7 heteroatoms. The largest absolute Gasteiger partial charge is 0.357 e. The first kappa shape index (κ1) is 23.4. The molecule has 1 unspecified atom stereocenters. The van der Waals surface area contributed by atoms with E-state index in [0.717, 1.165) is 13.1 Å². The Hall–Kier alpha value is -1.60. The number of nitrogens with one attached hydrogen (secondary N) is 2. The highest BCUT2D eigenvalue weighted by Gasteiger charge is 2.11. The second-order valence-corrected chi connectivity index (χ2v) is 9.70. The average Bonchev–Trinajstić information content (AvgIpc) is 2.58. The number of guanidine groups is 1. The normalized spacial score (nSPS) is 13.9. The molecule has 27 heavy (non-hydrogen) atoms. The van der Waals surface area contributed by atoms with Gasteiger partial charge in [-0.3, -0.25) is 4.90 Å². The molecule has 0 aliphatic carbocycles. The Morgan fingerprint density at radius 3 is 2.37 bits per heavy atom. The Kier molecular flexibility index (Phi) is 9.80. The molecular weight excluding hydrogens is 360 g/mol. The number of sulfone groups is 1. The van der Waals surface area contributed by atoms with E-state index in [1.54, 1.807) is 0 Å². The summed E-state index contributed by atoms with van der Waals surface area (Å²) in [7, 11) is -0.827. The van der Waals surface area contributed by atoms with Crippen molar-refractivity contribution in [3.8, 4) is 0 Å². The predicted molar refractivity (Wildman–Crippen MR) is 115 cm³/mol. The minimum atomic E-state index is -2.95. The molecule has 0 aliphatic heterocycles.